The van der Waals surface area contributed by atoms with Crippen LogP contribution in [0.5, 0.6) is 0 Å². The first-order chi connectivity index (χ1) is 19.8. The SMILES string of the molecule is Nc1nc(Cl)c2ncn([C@@H]3O[C@H](CO)[C@@H](O[C@H]4O[C@H](CO)[C@@H](OP(=O)(O)O)[C@H](OP(=O)(O)O)[C@H]4O)[C@H]3OP(=O)(O)O)c2n1. The Labute approximate surface area is 243 Å². The zero-order valence-electron chi connectivity index (χ0n) is 21.0. The molecule has 0 bridgehead atoms. The Bertz CT molecular complexity index is 1450. The van der Waals surface area contributed by atoms with Gasteiger partial charge in [-0.1, -0.05) is 11.6 Å². The number of phosphoric ester groups is 3. The molecule has 2 saturated heterocycles. The minimum Gasteiger partial charge on any atom is -0.394 e. The highest BCUT2D eigenvalue weighted by atomic mass is 35.5. The van der Waals surface area contributed by atoms with Crippen LogP contribution in [-0.2, 0) is 41.5 Å². The molecule has 2 aliphatic heterocycles. The first-order valence-electron chi connectivity index (χ1n) is 11.6. The minimum atomic E-state index is -5.53. The predicted octanol–water partition coefficient (Wildman–Crippen LogP) is -3.15. The van der Waals surface area contributed by atoms with Crippen LogP contribution in [0.4, 0.5) is 5.95 Å². The largest absolute Gasteiger partial charge is 0.470 e. The maximum atomic E-state index is 12.0. The summed E-state index contributed by atoms with van der Waals surface area (Å²) in [6, 6.07) is 0. The van der Waals surface area contributed by atoms with E-state index in [1.54, 1.807) is 0 Å². The van der Waals surface area contributed by atoms with Crippen molar-refractivity contribution in [2.24, 2.45) is 0 Å². The average Bonchev–Trinajstić information content (AvgIpc) is 3.41. The van der Waals surface area contributed by atoms with Crippen molar-refractivity contribution in [2.45, 2.75) is 55.2 Å². The normalized spacial score (nSPS) is 32.5. The summed E-state index contributed by atoms with van der Waals surface area (Å²) in [5.74, 6) is -0.326. The third kappa shape index (κ3) is 8.12. The van der Waals surface area contributed by atoms with Gasteiger partial charge in [0.05, 0.1) is 19.5 Å². The van der Waals surface area contributed by atoms with E-state index >= 15 is 0 Å². The lowest BCUT2D eigenvalue weighted by Crippen LogP contribution is -2.61. The number of hydrogen-bond acceptors (Lipinski definition) is 16. The van der Waals surface area contributed by atoms with Gasteiger partial charge in [-0.3, -0.25) is 18.1 Å². The third-order valence-electron chi connectivity index (χ3n) is 6.00. The van der Waals surface area contributed by atoms with Crippen LogP contribution in [0.25, 0.3) is 11.2 Å². The predicted molar refractivity (Wildman–Crippen MR) is 133 cm³/mol. The van der Waals surface area contributed by atoms with E-state index in [1.165, 1.54) is 0 Å². The standard InChI is InChI=1S/C16H25ClN5O18P3/c17-12-6-13(21-16(18)20-12)22(3-19-6)14-11(40-43(32,33)34)8(4(1-23)35-14)37-15-7(25)10(39-42(29,30)31)9(5(2-24)36-15)38-41(26,27)28/h3-5,7-11,14-15,23-25H,1-2H2,(H2,18,20,21)(H2,26,27,28)(H2,29,30,31)(H2,32,33,34)/t4-,5-,7-,8-,9-,10-,11-,14-,15-/m1/s1. The van der Waals surface area contributed by atoms with Crippen LogP contribution in [0.2, 0.25) is 5.15 Å². The van der Waals surface area contributed by atoms with Gasteiger partial charge in [-0.15, -0.1) is 0 Å². The molecule has 2 aromatic rings. The molecule has 4 heterocycles. The van der Waals surface area contributed by atoms with Crippen molar-refractivity contribution in [3.63, 3.8) is 0 Å². The molecule has 0 unspecified atom stereocenters. The van der Waals surface area contributed by atoms with E-state index in [2.05, 4.69) is 24.0 Å². The number of phosphoric acid groups is 3. The number of aliphatic hydroxyl groups is 3. The van der Waals surface area contributed by atoms with Crippen LogP contribution in [0, 0.1) is 0 Å². The lowest BCUT2D eigenvalue weighted by atomic mass is 9.99. The third-order valence-corrected chi connectivity index (χ3v) is 7.82. The fraction of sp³-hybridized carbons (Fsp3) is 0.688. The van der Waals surface area contributed by atoms with Gasteiger partial charge in [-0.25, -0.2) is 18.7 Å². The van der Waals surface area contributed by atoms with Crippen molar-refractivity contribution in [2.75, 3.05) is 18.9 Å². The number of fused-ring (bicyclic) bond motifs is 1. The van der Waals surface area contributed by atoms with Gasteiger partial charge in [0.1, 0.15) is 48.2 Å². The molecule has 43 heavy (non-hydrogen) atoms. The molecule has 4 rings (SSSR count). The summed E-state index contributed by atoms with van der Waals surface area (Å²) in [6.45, 7) is -2.07. The van der Waals surface area contributed by atoms with E-state index < -0.39 is 91.9 Å². The molecule has 9 atom stereocenters. The van der Waals surface area contributed by atoms with Gasteiger partial charge < -0.3 is 64.6 Å². The smallest absolute Gasteiger partial charge is 0.394 e. The van der Waals surface area contributed by atoms with Gasteiger partial charge in [0.25, 0.3) is 0 Å². The van der Waals surface area contributed by atoms with E-state index in [0.717, 1.165) is 10.9 Å². The van der Waals surface area contributed by atoms with Gasteiger partial charge in [-0.05, 0) is 0 Å². The van der Waals surface area contributed by atoms with Crippen molar-refractivity contribution < 1.29 is 86.2 Å². The van der Waals surface area contributed by atoms with Crippen molar-refractivity contribution in [3.05, 3.63) is 11.5 Å². The van der Waals surface area contributed by atoms with Gasteiger partial charge in [0.15, 0.2) is 23.3 Å². The maximum absolute atomic E-state index is 12.0. The number of hydrogen-bond donors (Lipinski definition) is 10. The Morgan fingerprint density at radius 1 is 0.860 bits per heavy atom. The molecule has 27 heteroatoms. The second-order valence-corrected chi connectivity index (χ2v) is 12.9. The summed E-state index contributed by atoms with van der Waals surface area (Å²) in [5.41, 5.74) is 5.51. The molecule has 0 spiro atoms. The van der Waals surface area contributed by atoms with Crippen LogP contribution in [-0.4, -0.2) is 126 Å². The fourth-order valence-electron chi connectivity index (χ4n) is 4.47. The molecule has 244 valence electrons. The molecular formula is C16H25ClN5O18P3. The number of anilines is 1. The number of nitrogens with zero attached hydrogens (tertiary/aromatic N) is 4. The Balaban J connectivity index is 1.72. The van der Waals surface area contributed by atoms with E-state index in [4.69, 9.17) is 36.1 Å². The molecule has 0 amide bonds. The van der Waals surface area contributed by atoms with Crippen LogP contribution in [0.1, 0.15) is 6.23 Å². The second-order valence-electron chi connectivity index (χ2n) is 8.94. The highest BCUT2D eigenvalue weighted by Crippen LogP contribution is 2.49. The fourth-order valence-corrected chi connectivity index (χ4v) is 6.37. The van der Waals surface area contributed by atoms with Crippen molar-refractivity contribution in [1.82, 2.24) is 19.5 Å². The number of rotatable bonds is 11. The summed E-state index contributed by atoms with van der Waals surface area (Å²) in [7, 11) is -16.4. The molecule has 0 radical (unpaired) electrons. The second kappa shape index (κ2) is 12.9. The number of nitrogen functional groups attached to an aromatic ring is 1. The van der Waals surface area contributed by atoms with E-state index in [-0.39, 0.29) is 22.3 Å². The average molecular weight is 704 g/mol. The Morgan fingerprint density at radius 3 is 1.95 bits per heavy atom. The number of aromatic nitrogens is 4. The quantitative estimate of drug-likeness (QED) is 0.0815. The van der Waals surface area contributed by atoms with Gasteiger partial charge in [-0.2, -0.15) is 9.97 Å². The monoisotopic (exact) mass is 703 g/mol. The molecule has 2 aromatic heterocycles. The van der Waals surface area contributed by atoms with Gasteiger partial charge in [0.2, 0.25) is 5.95 Å². The molecular weight excluding hydrogens is 679 g/mol. The lowest BCUT2D eigenvalue weighted by molar-refractivity contribution is -0.313. The first kappa shape index (κ1) is 34.6. The highest BCUT2D eigenvalue weighted by Gasteiger charge is 2.56. The molecule has 2 fully saturated rings. The van der Waals surface area contributed by atoms with Gasteiger partial charge in [0, 0.05) is 0 Å². The molecule has 23 nitrogen and oxygen atoms in total. The van der Waals surface area contributed by atoms with Crippen molar-refractivity contribution >= 4 is 52.2 Å². The zero-order chi connectivity index (χ0) is 32.1. The summed E-state index contributed by atoms with van der Waals surface area (Å²) < 4.78 is 66.6. The molecule has 0 aliphatic carbocycles. The topological polar surface area (TPSA) is 358 Å². The number of ether oxygens (including phenoxy) is 3. The summed E-state index contributed by atoms with van der Waals surface area (Å²) in [5, 5.41) is 30.5. The molecule has 0 aromatic carbocycles. The number of halogens is 1. The zero-order valence-corrected chi connectivity index (χ0v) is 24.4. The lowest BCUT2D eigenvalue weighted by Gasteiger charge is -2.44. The van der Waals surface area contributed by atoms with Crippen molar-refractivity contribution in [3.8, 4) is 0 Å². The summed E-state index contributed by atoms with van der Waals surface area (Å²) >= 11 is 6.03. The van der Waals surface area contributed by atoms with Crippen LogP contribution < -0.4 is 5.73 Å². The first-order valence-corrected chi connectivity index (χ1v) is 16.5. The van der Waals surface area contributed by atoms with Crippen LogP contribution in [0.15, 0.2) is 6.33 Å². The van der Waals surface area contributed by atoms with Crippen LogP contribution >= 0.6 is 35.1 Å². The Hall–Kier alpha value is -1.27. The van der Waals surface area contributed by atoms with Crippen LogP contribution in [0.3, 0.4) is 0 Å². The summed E-state index contributed by atoms with van der Waals surface area (Å²) in [4.78, 5) is 68.1. The number of nitrogens with two attached hydrogens (primary N) is 1. The highest BCUT2D eigenvalue weighted by molar-refractivity contribution is 7.46. The van der Waals surface area contributed by atoms with Gasteiger partial charge >= 0.3 is 23.5 Å². The maximum Gasteiger partial charge on any atom is 0.470 e. The Morgan fingerprint density at radius 2 is 1.40 bits per heavy atom. The minimum absolute atomic E-state index is 0.0235. The molecule has 2 aliphatic rings. The van der Waals surface area contributed by atoms with Crippen molar-refractivity contribution in [1.29, 1.82) is 0 Å². The number of imidazole rings is 1. The number of aliphatic hydroxyl groups excluding tert-OH is 3. The molecule has 11 N–H and O–H groups in total. The van der Waals surface area contributed by atoms with E-state index in [1.807, 2.05) is 0 Å². The van der Waals surface area contributed by atoms with E-state index in [0.29, 0.717) is 0 Å². The summed E-state index contributed by atoms with van der Waals surface area (Å²) in [6.07, 6.45) is -16.7. The van der Waals surface area contributed by atoms with E-state index in [9.17, 15) is 58.4 Å². The Kier molecular flexibility index (Phi) is 10.3. The molecule has 0 saturated carbocycles.